The van der Waals surface area contributed by atoms with E-state index in [0.717, 1.165) is 14.2 Å². The molecule has 1 aromatic carbocycles. The molecule has 5 heteroatoms. The van der Waals surface area contributed by atoms with Crippen LogP contribution in [-0.4, -0.2) is 0 Å². The molecule has 1 atom stereocenters. The fourth-order valence-electron chi connectivity index (χ4n) is 1.56. The Labute approximate surface area is 121 Å². The van der Waals surface area contributed by atoms with Crippen LogP contribution in [0.3, 0.4) is 0 Å². The maximum atomic E-state index is 13.7. The van der Waals surface area contributed by atoms with Gasteiger partial charge in [-0.3, -0.25) is 0 Å². The monoisotopic (exact) mass is 352 g/mol. The molecule has 0 N–H and O–H groups in total. The van der Waals surface area contributed by atoms with Crippen LogP contribution in [0.5, 0.6) is 0 Å². The Balaban J connectivity index is 2.51. The summed E-state index contributed by atoms with van der Waals surface area (Å²) >= 11 is 17.3. The van der Waals surface area contributed by atoms with Crippen LogP contribution in [0.1, 0.15) is 20.7 Å². The zero-order valence-corrected chi connectivity index (χ0v) is 12.7. The number of benzene rings is 1. The molecule has 0 fully saturated rings. The van der Waals surface area contributed by atoms with Crippen molar-refractivity contribution in [2.75, 3.05) is 0 Å². The number of alkyl halides is 1. The van der Waals surface area contributed by atoms with Gasteiger partial charge in [0.25, 0.3) is 0 Å². The normalized spacial score (nSPS) is 12.8. The molecule has 1 aromatic heterocycles. The average molecular weight is 354 g/mol. The Morgan fingerprint density at radius 2 is 2.12 bits per heavy atom. The lowest BCUT2D eigenvalue weighted by Gasteiger charge is -2.11. The molecule has 90 valence electrons. The van der Waals surface area contributed by atoms with Crippen molar-refractivity contribution in [3.63, 3.8) is 0 Å². The van der Waals surface area contributed by atoms with E-state index in [1.807, 2.05) is 13.0 Å². The highest BCUT2D eigenvalue weighted by Crippen LogP contribution is 2.42. The lowest BCUT2D eigenvalue weighted by molar-refractivity contribution is 0.613. The number of thiophene rings is 1. The van der Waals surface area contributed by atoms with Crippen LogP contribution in [0.25, 0.3) is 0 Å². The van der Waals surface area contributed by atoms with Gasteiger partial charge in [-0.1, -0.05) is 17.7 Å². The Kier molecular flexibility index (Phi) is 4.14. The minimum Gasteiger partial charge on any atom is -0.207 e. The quantitative estimate of drug-likeness (QED) is 0.586. The molecule has 0 spiro atoms. The van der Waals surface area contributed by atoms with Gasteiger partial charge in [0.1, 0.15) is 5.82 Å². The van der Waals surface area contributed by atoms with Gasteiger partial charge < -0.3 is 0 Å². The van der Waals surface area contributed by atoms with Crippen molar-refractivity contribution in [2.45, 2.75) is 12.3 Å². The summed E-state index contributed by atoms with van der Waals surface area (Å²) in [5.74, 6) is -0.379. The van der Waals surface area contributed by atoms with E-state index >= 15 is 0 Å². The van der Waals surface area contributed by atoms with Crippen LogP contribution < -0.4 is 0 Å². The maximum Gasteiger partial charge on any atom is 0.129 e. The number of halogens is 4. The van der Waals surface area contributed by atoms with Gasteiger partial charge in [-0.25, -0.2) is 4.39 Å². The highest BCUT2D eigenvalue weighted by Gasteiger charge is 2.22. The summed E-state index contributed by atoms with van der Waals surface area (Å²) in [6.45, 7) is 1.98. The predicted molar refractivity (Wildman–Crippen MR) is 75.9 cm³/mol. The van der Waals surface area contributed by atoms with E-state index < -0.39 is 5.38 Å². The van der Waals surface area contributed by atoms with Crippen molar-refractivity contribution in [1.82, 2.24) is 0 Å². The standard InChI is InChI=1S/C12H8BrCl2FS/c1-6-5-7(13)12(17-6)11(15)10-8(14)3-2-4-9(10)16/h2-5,11H,1H3. The van der Waals surface area contributed by atoms with Gasteiger partial charge in [-0.05, 0) is 41.1 Å². The molecule has 1 heterocycles. The Morgan fingerprint density at radius 3 is 2.65 bits per heavy atom. The summed E-state index contributed by atoms with van der Waals surface area (Å²) < 4.78 is 14.6. The third-order valence-electron chi connectivity index (χ3n) is 2.32. The third-order valence-corrected chi connectivity index (χ3v) is 5.25. The van der Waals surface area contributed by atoms with Crippen molar-refractivity contribution in [2.24, 2.45) is 0 Å². The van der Waals surface area contributed by atoms with Crippen LogP contribution in [0, 0.1) is 12.7 Å². The van der Waals surface area contributed by atoms with E-state index in [9.17, 15) is 4.39 Å². The average Bonchev–Trinajstić information content (AvgIpc) is 2.57. The van der Waals surface area contributed by atoms with Gasteiger partial charge in [-0.2, -0.15) is 0 Å². The summed E-state index contributed by atoms with van der Waals surface area (Å²) in [6, 6.07) is 6.54. The van der Waals surface area contributed by atoms with Crippen LogP contribution >= 0.6 is 50.5 Å². The predicted octanol–water partition coefficient (Wildman–Crippen LogP) is 5.94. The number of hydrogen-bond acceptors (Lipinski definition) is 1. The van der Waals surface area contributed by atoms with Gasteiger partial charge in [0.2, 0.25) is 0 Å². The Hall–Kier alpha value is -0.0900. The molecule has 0 aliphatic heterocycles. The van der Waals surface area contributed by atoms with E-state index in [1.54, 1.807) is 12.1 Å². The van der Waals surface area contributed by atoms with Crippen LogP contribution in [0.2, 0.25) is 5.02 Å². The Bertz CT molecular complexity index is 533. The fraction of sp³-hybridized carbons (Fsp3) is 0.167. The molecule has 0 amide bonds. The highest BCUT2D eigenvalue weighted by molar-refractivity contribution is 9.10. The second kappa shape index (κ2) is 5.27. The first-order valence-electron chi connectivity index (χ1n) is 4.84. The van der Waals surface area contributed by atoms with E-state index in [2.05, 4.69) is 15.9 Å². The zero-order valence-electron chi connectivity index (χ0n) is 8.81. The summed E-state index contributed by atoms with van der Waals surface area (Å²) in [5.41, 5.74) is 0.332. The zero-order chi connectivity index (χ0) is 12.6. The first-order valence-corrected chi connectivity index (χ1v) is 7.27. The van der Waals surface area contributed by atoms with Gasteiger partial charge >= 0.3 is 0 Å². The molecule has 2 aromatic rings. The van der Waals surface area contributed by atoms with E-state index in [-0.39, 0.29) is 5.82 Å². The summed E-state index contributed by atoms with van der Waals surface area (Å²) in [5, 5.41) is -0.222. The molecule has 0 bridgehead atoms. The van der Waals surface area contributed by atoms with Gasteiger partial charge in [0, 0.05) is 24.8 Å². The van der Waals surface area contributed by atoms with Crippen LogP contribution in [0.4, 0.5) is 4.39 Å². The number of aryl methyl sites for hydroxylation is 1. The van der Waals surface area contributed by atoms with Gasteiger partial charge in [0.15, 0.2) is 0 Å². The molecular formula is C12H8BrCl2FS. The minimum atomic E-state index is -0.572. The SMILES string of the molecule is Cc1cc(Br)c(C(Cl)c2c(F)cccc2Cl)s1. The molecule has 17 heavy (non-hydrogen) atoms. The second-order valence-electron chi connectivity index (χ2n) is 3.57. The molecule has 0 aliphatic carbocycles. The van der Waals surface area contributed by atoms with E-state index in [4.69, 9.17) is 23.2 Å². The largest absolute Gasteiger partial charge is 0.207 e. The lowest BCUT2D eigenvalue weighted by atomic mass is 10.1. The smallest absolute Gasteiger partial charge is 0.129 e. The van der Waals surface area contributed by atoms with Gasteiger partial charge in [-0.15, -0.1) is 22.9 Å². The first-order chi connectivity index (χ1) is 8.00. The van der Waals surface area contributed by atoms with Crippen molar-refractivity contribution in [1.29, 1.82) is 0 Å². The van der Waals surface area contributed by atoms with Crippen molar-refractivity contribution in [3.8, 4) is 0 Å². The van der Waals surface area contributed by atoms with Crippen LogP contribution in [0.15, 0.2) is 28.7 Å². The van der Waals surface area contributed by atoms with Gasteiger partial charge in [0.05, 0.1) is 5.38 Å². The van der Waals surface area contributed by atoms with Crippen molar-refractivity contribution in [3.05, 3.63) is 54.9 Å². The minimum absolute atomic E-state index is 0.332. The third kappa shape index (κ3) is 2.68. The summed E-state index contributed by atoms with van der Waals surface area (Å²) in [4.78, 5) is 1.99. The number of hydrogen-bond donors (Lipinski definition) is 0. The molecule has 0 radical (unpaired) electrons. The van der Waals surface area contributed by atoms with E-state index in [0.29, 0.717) is 10.6 Å². The molecule has 1 unspecified atom stereocenters. The molecule has 0 saturated carbocycles. The topological polar surface area (TPSA) is 0 Å². The highest BCUT2D eigenvalue weighted by atomic mass is 79.9. The molecule has 2 rings (SSSR count). The Morgan fingerprint density at radius 1 is 1.41 bits per heavy atom. The first kappa shape index (κ1) is 13.3. The second-order valence-corrected chi connectivity index (χ2v) is 6.55. The van der Waals surface area contributed by atoms with Crippen molar-refractivity contribution < 1.29 is 4.39 Å². The summed E-state index contributed by atoms with van der Waals surface area (Å²) in [6.07, 6.45) is 0. The summed E-state index contributed by atoms with van der Waals surface area (Å²) in [7, 11) is 0. The molecular weight excluding hydrogens is 346 g/mol. The molecule has 0 aliphatic rings. The molecule has 0 nitrogen and oxygen atoms in total. The fourth-order valence-corrected chi connectivity index (χ4v) is 4.36. The maximum absolute atomic E-state index is 13.7. The van der Waals surface area contributed by atoms with E-state index in [1.165, 1.54) is 17.4 Å². The van der Waals surface area contributed by atoms with Crippen molar-refractivity contribution >= 4 is 50.5 Å². The molecule has 0 saturated heterocycles. The lowest BCUT2D eigenvalue weighted by Crippen LogP contribution is -1.96. The number of rotatable bonds is 2. The van der Waals surface area contributed by atoms with Crippen LogP contribution in [-0.2, 0) is 0 Å².